The Hall–Kier alpha value is -2.87. The maximum atomic E-state index is 13.2. The van der Waals surface area contributed by atoms with Crippen LogP contribution in [0.5, 0.6) is 0 Å². The number of nitrogen functional groups attached to an aromatic ring is 1. The van der Waals surface area contributed by atoms with Gasteiger partial charge in [-0.15, -0.1) is 0 Å². The minimum atomic E-state index is -0.629. The molecule has 0 radical (unpaired) electrons. The summed E-state index contributed by atoms with van der Waals surface area (Å²) in [5, 5.41) is 0. The van der Waals surface area contributed by atoms with Gasteiger partial charge in [-0.25, -0.2) is 4.79 Å². The van der Waals surface area contributed by atoms with Crippen LogP contribution < -0.4 is 21.9 Å². The highest BCUT2D eigenvalue weighted by molar-refractivity contribution is 5.96. The summed E-state index contributed by atoms with van der Waals surface area (Å²) in [4.78, 5) is 43.8. The summed E-state index contributed by atoms with van der Waals surface area (Å²) in [5.41, 5.74) is 7.69. The second kappa shape index (κ2) is 9.96. The van der Waals surface area contributed by atoms with Gasteiger partial charge < -0.3 is 10.6 Å². The molecule has 3 rings (SSSR count). The largest absolute Gasteiger partial charge is 0.383 e. The van der Waals surface area contributed by atoms with Crippen molar-refractivity contribution in [2.24, 2.45) is 0 Å². The van der Waals surface area contributed by atoms with E-state index in [1.165, 1.54) is 20.6 Å². The Labute approximate surface area is 182 Å². The number of hydrogen-bond donors (Lipinski definition) is 2. The number of nitrogens with zero attached hydrogens (tertiary/aromatic N) is 3. The number of aromatic nitrogens is 2. The molecule has 0 unspecified atom stereocenters. The molecule has 0 bridgehead atoms. The van der Waals surface area contributed by atoms with Crippen LogP contribution in [0.25, 0.3) is 0 Å². The number of carbonyl (C=O) groups excluding carboxylic acids is 1. The molecule has 1 amide bonds. The molecular formula is C23H33N5O3. The lowest BCUT2D eigenvalue weighted by Gasteiger charge is -2.34. The molecule has 3 N–H and O–H groups in total. The summed E-state index contributed by atoms with van der Waals surface area (Å²) in [6, 6.07) is 8.51. The van der Waals surface area contributed by atoms with Gasteiger partial charge in [-0.05, 0) is 50.8 Å². The molecule has 1 aliphatic carbocycles. The van der Waals surface area contributed by atoms with Crippen molar-refractivity contribution < 1.29 is 4.79 Å². The van der Waals surface area contributed by atoms with Crippen molar-refractivity contribution in [1.82, 2.24) is 14.5 Å². The van der Waals surface area contributed by atoms with Gasteiger partial charge in [0.1, 0.15) is 5.82 Å². The zero-order valence-corrected chi connectivity index (χ0v) is 18.7. The van der Waals surface area contributed by atoms with Gasteiger partial charge in [-0.1, -0.05) is 37.6 Å². The Morgan fingerprint density at radius 1 is 1.26 bits per heavy atom. The topological polar surface area (TPSA) is 104 Å². The third-order valence-corrected chi connectivity index (χ3v) is 6.09. The van der Waals surface area contributed by atoms with E-state index in [1.54, 1.807) is 6.92 Å². The molecular weight excluding hydrogens is 394 g/mol. The van der Waals surface area contributed by atoms with Crippen LogP contribution >= 0.6 is 0 Å². The standard InChI is InChI=1S/C23H33N5O3/c1-4-6-14-28-21(24)20(22(30)25-23(28)31)27(5-2)19(29)15-26(3)18-13-9-11-16-10-7-8-12-17(16)18/h7-8,10,12,18H,4-6,9,11,13-15,24H2,1-3H3,(H,25,30,31)/t18-/m0/s1. The van der Waals surface area contributed by atoms with Crippen molar-refractivity contribution in [1.29, 1.82) is 0 Å². The van der Waals surface area contributed by atoms with E-state index in [0.29, 0.717) is 6.54 Å². The number of anilines is 2. The summed E-state index contributed by atoms with van der Waals surface area (Å²) in [6.07, 6.45) is 4.74. The molecule has 31 heavy (non-hydrogen) atoms. The molecule has 0 fully saturated rings. The number of hydrogen-bond acceptors (Lipinski definition) is 5. The Balaban J connectivity index is 1.86. The zero-order chi connectivity index (χ0) is 22.5. The van der Waals surface area contributed by atoms with Crippen LogP contribution in [0, 0.1) is 0 Å². The lowest BCUT2D eigenvalue weighted by Crippen LogP contribution is -2.45. The number of fused-ring (bicyclic) bond motifs is 1. The number of unbranched alkanes of at least 4 members (excludes halogenated alkanes) is 1. The van der Waals surface area contributed by atoms with Crippen LogP contribution in [0.15, 0.2) is 33.9 Å². The number of amides is 1. The molecule has 0 aliphatic heterocycles. The Morgan fingerprint density at radius 2 is 2.00 bits per heavy atom. The van der Waals surface area contributed by atoms with Gasteiger partial charge in [0.25, 0.3) is 5.56 Å². The van der Waals surface area contributed by atoms with Crippen LogP contribution in [0.3, 0.4) is 0 Å². The molecule has 1 atom stereocenters. The average molecular weight is 428 g/mol. The third-order valence-electron chi connectivity index (χ3n) is 6.09. The van der Waals surface area contributed by atoms with E-state index in [0.717, 1.165) is 32.1 Å². The van der Waals surface area contributed by atoms with Crippen molar-refractivity contribution in [3.05, 3.63) is 56.2 Å². The molecule has 0 saturated carbocycles. The van der Waals surface area contributed by atoms with E-state index in [9.17, 15) is 14.4 Å². The van der Waals surface area contributed by atoms with Gasteiger partial charge in [0.05, 0.1) is 6.54 Å². The molecule has 0 spiro atoms. The van der Waals surface area contributed by atoms with Crippen molar-refractivity contribution in [2.45, 2.75) is 58.5 Å². The van der Waals surface area contributed by atoms with Crippen molar-refractivity contribution >= 4 is 17.4 Å². The first-order valence-electron chi connectivity index (χ1n) is 11.1. The number of nitrogens with one attached hydrogen (secondary N) is 1. The fourth-order valence-corrected chi connectivity index (χ4v) is 4.43. The molecule has 1 aromatic carbocycles. The summed E-state index contributed by atoms with van der Waals surface area (Å²) in [5.74, 6) is -0.172. The van der Waals surface area contributed by atoms with Gasteiger partial charge >= 0.3 is 5.69 Å². The molecule has 1 aromatic heterocycles. The van der Waals surface area contributed by atoms with Crippen LogP contribution in [0.2, 0.25) is 0 Å². The van der Waals surface area contributed by atoms with Crippen molar-refractivity contribution in [2.75, 3.05) is 30.8 Å². The second-order valence-corrected chi connectivity index (χ2v) is 8.16. The maximum Gasteiger partial charge on any atom is 0.330 e. The molecule has 8 heteroatoms. The van der Waals surface area contributed by atoms with E-state index < -0.39 is 11.2 Å². The highest BCUT2D eigenvalue weighted by Crippen LogP contribution is 2.33. The number of H-pyrrole nitrogens is 1. The number of nitrogens with two attached hydrogens (primary N) is 1. The van der Waals surface area contributed by atoms with Gasteiger partial charge in [-0.2, -0.15) is 0 Å². The molecule has 8 nitrogen and oxygen atoms in total. The quantitative estimate of drug-likeness (QED) is 0.673. The first-order valence-corrected chi connectivity index (χ1v) is 11.1. The van der Waals surface area contributed by atoms with Gasteiger partial charge in [0.15, 0.2) is 5.69 Å². The number of aryl methyl sites for hydroxylation is 1. The van der Waals surface area contributed by atoms with Gasteiger partial charge in [-0.3, -0.25) is 24.0 Å². The fraction of sp³-hybridized carbons (Fsp3) is 0.522. The Morgan fingerprint density at radius 3 is 2.71 bits per heavy atom. The summed E-state index contributed by atoms with van der Waals surface area (Å²) in [6.45, 7) is 4.64. The molecule has 1 heterocycles. The predicted octanol–water partition coefficient (Wildman–Crippen LogP) is 2.28. The third kappa shape index (κ3) is 4.74. The predicted molar refractivity (Wildman–Crippen MR) is 123 cm³/mol. The van der Waals surface area contributed by atoms with E-state index in [2.05, 4.69) is 17.1 Å². The normalized spacial score (nSPS) is 15.7. The first kappa shape index (κ1) is 22.8. The van der Waals surface area contributed by atoms with Crippen LogP contribution in [-0.2, 0) is 17.8 Å². The molecule has 168 valence electrons. The Kier molecular flexibility index (Phi) is 7.33. The SMILES string of the molecule is CCCCn1c(N)c(N(CC)C(=O)CN(C)[C@H]2CCCc3ccccc32)c(=O)[nH]c1=O. The highest BCUT2D eigenvalue weighted by Gasteiger charge is 2.28. The monoisotopic (exact) mass is 427 g/mol. The summed E-state index contributed by atoms with van der Waals surface area (Å²) >= 11 is 0. The van der Waals surface area contributed by atoms with E-state index in [-0.39, 0.29) is 36.5 Å². The average Bonchev–Trinajstić information content (AvgIpc) is 2.75. The smallest absolute Gasteiger partial charge is 0.330 e. The number of carbonyl (C=O) groups is 1. The maximum absolute atomic E-state index is 13.2. The first-order chi connectivity index (χ1) is 14.9. The molecule has 1 aliphatic rings. The zero-order valence-electron chi connectivity index (χ0n) is 18.7. The number of aromatic amines is 1. The number of likely N-dealkylation sites (N-methyl/N-ethyl adjacent to an activating group) is 2. The van der Waals surface area contributed by atoms with Gasteiger partial charge in [0.2, 0.25) is 5.91 Å². The van der Waals surface area contributed by atoms with Crippen LogP contribution in [-0.4, -0.2) is 40.5 Å². The Bertz CT molecular complexity index is 1040. The van der Waals surface area contributed by atoms with E-state index in [4.69, 9.17) is 5.73 Å². The van der Waals surface area contributed by atoms with Crippen molar-refractivity contribution in [3.63, 3.8) is 0 Å². The van der Waals surface area contributed by atoms with E-state index in [1.807, 2.05) is 31.0 Å². The highest BCUT2D eigenvalue weighted by atomic mass is 16.2. The fourth-order valence-electron chi connectivity index (χ4n) is 4.43. The van der Waals surface area contributed by atoms with E-state index >= 15 is 0 Å². The minimum absolute atomic E-state index is 0.0445. The second-order valence-electron chi connectivity index (χ2n) is 8.16. The summed E-state index contributed by atoms with van der Waals surface area (Å²) in [7, 11) is 1.94. The number of benzene rings is 1. The summed E-state index contributed by atoms with van der Waals surface area (Å²) < 4.78 is 1.34. The molecule has 2 aromatic rings. The van der Waals surface area contributed by atoms with Crippen molar-refractivity contribution in [3.8, 4) is 0 Å². The molecule has 0 saturated heterocycles. The lowest BCUT2D eigenvalue weighted by molar-refractivity contribution is -0.120. The lowest BCUT2D eigenvalue weighted by atomic mass is 9.87. The number of rotatable bonds is 8. The minimum Gasteiger partial charge on any atom is -0.383 e. The van der Waals surface area contributed by atoms with Crippen LogP contribution in [0.1, 0.15) is 56.7 Å². The van der Waals surface area contributed by atoms with Crippen LogP contribution in [0.4, 0.5) is 11.5 Å². The van der Waals surface area contributed by atoms with Gasteiger partial charge in [0, 0.05) is 19.1 Å².